The minimum Gasteiger partial charge on any atom is -0.485 e. The molecule has 0 radical (unpaired) electrons. The van der Waals surface area contributed by atoms with E-state index in [1.54, 1.807) is 6.07 Å². The largest absolute Gasteiger partial charge is 0.485 e. The number of nitro groups is 1. The average molecular weight is 331 g/mol. The van der Waals surface area contributed by atoms with E-state index in [9.17, 15) is 10.1 Å². The van der Waals surface area contributed by atoms with Crippen molar-refractivity contribution in [2.24, 2.45) is 0 Å². The maximum absolute atomic E-state index is 10.6. The van der Waals surface area contributed by atoms with E-state index < -0.39 is 4.92 Å². The van der Waals surface area contributed by atoms with Gasteiger partial charge in [0.25, 0.3) is 5.69 Å². The van der Waals surface area contributed by atoms with E-state index in [4.69, 9.17) is 10.5 Å². The van der Waals surface area contributed by atoms with Gasteiger partial charge in [-0.15, -0.1) is 10.2 Å². The molecule has 2 rings (SSSR count). The average Bonchev–Trinajstić information content (AvgIpc) is 2.74. The Bertz CT molecular complexity index is 589. The maximum atomic E-state index is 10.6. The number of hydrogen-bond acceptors (Lipinski definition) is 7. The second-order valence-corrected chi connectivity index (χ2v) is 5.14. The fourth-order valence-electron chi connectivity index (χ4n) is 1.18. The number of nitro benzene ring substituents is 1. The predicted molar refractivity (Wildman–Crippen MR) is 69.4 cm³/mol. The van der Waals surface area contributed by atoms with E-state index >= 15 is 0 Å². The van der Waals surface area contributed by atoms with Crippen molar-refractivity contribution in [2.45, 2.75) is 6.61 Å². The number of nitrogen functional groups attached to an aromatic ring is 1. The van der Waals surface area contributed by atoms with Crippen molar-refractivity contribution in [3.8, 4) is 5.75 Å². The van der Waals surface area contributed by atoms with Crippen molar-refractivity contribution in [3.05, 3.63) is 37.8 Å². The lowest BCUT2D eigenvalue weighted by molar-refractivity contribution is -0.385. The molecule has 0 spiro atoms. The van der Waals surface area contributed by atoms with Gasteiger partial charge in [0.2, 0.25) is 5.13 Å². The van der Waals surface area contributed by atoms with Crippen LogP contribution >= 0.6 is 27.3 Å². The lowest BCUT2D eigenvalue weighted by atomic mass is 10.3. The molecule has 94 valence electrons. The molecule has 1 aromatic heterocycles. The van der Waals surface area contributed by atoms with Crippen LogP contribution in [0.2, 0.25) is 0 Å². The van der Waals surface area contributed by atoms with E-state index in [1.165, 1.54) is 23.5 Å². The molecule has 2 N–H and O–H groups in total. The van der Waals surface area contributed by atoms with Crippen molar-refractivity contribution in [3.63, 3.8) is 0 Å². The van der Waals surface area contributed by atoms with Crippen LogP contribution in [0.3, 0.4) is 0 Å². The fourth-order valence-corrected chi connectivity index (χ4v) is 2.06. The molecule has 0 aliphatic carbocycles. The molecule has 0 unspecified atom stereocenters. The molecule has 18 heavy (non-hydrogen) atoms. The van der Waals surface area contributed by atoms with E-state index in [1.807, 2.05) is 0 Å². The van der Waals surface area contributed by atoms with Crippen LogP contribution in [-0.2, 0) is 6.61 Å². The van der Waals surface area contributed by atoms with Crippen molar-refractivity contribution in [1.29, 1.82) is 0 Å². The van der Waals surface area contributed by atoms with Crippen LogP contribution in [0, 0.1) is 10.1 Å². The molecule has 2 aromatic rings. The highest BCUT2D eigenvalue weighted by Crippen LogP contribution is 2.30. The number of ether oxygens (including phenoxy) is 1. The van der Waals surface area contributed by atoms with Gasteiger partial charge in [0, 0.05) is 6.07 Å². The summed E-state index contributed by atoms with van der Waals surface area (Å²) in [5, 5.41) is 19.0. The number of nitrogens with zero attached hydrogens (tertiary/aromatic N) is 3. The third kappa shape index (κ3) is 2.93. The molecule has 0 saturated carbocycles. The Morgan fingerprint density at radius 1 is 1.50 bits per heavy atom. The molecule has 0 saturated heterocycles. The Morgan fingerprint density at radius 3 is 2.89 bits per heavy atom. The quantitative estimate of drug-likeness (QED) is 0.681. The smallest absolute Gasteiger partial charge is 0.273 e. The second kappa shape index (κ2) is 5.27. The summed E-state index contributed by atoms with van der Waals surface area (Å²) in [6.45, 7) is 0.161. The van der Waals surface area contributed by atoms with Crippen LogP contribution in [-0.4, -0.2) is 15.1 Å². The lowest BCUT2D eigenvalue weighted by Gasteiger charge is -2.05. The van der Waals surface area contributed by atoms with Gasteiger partial charge in [-0.3, -0.25) is 10.1 Å². The van der Waals surface area contributed by atoms with Crippen LogP contribution in [0.1, 0.15) is 5.01 Å². The van der Waals surface area contributed by atoms with Gasteiger partial charge in [-0.2, -0.15) is 0 Å². The highest BCUT2D eigenvalue weighted by atomic mass is 79.9. The first kappa shape index (κ1) is 12.7. The molecule has 0 bridgehead atoms. The molecule has 0 fully saturated rings. The summed E-state index contributed by atoms with van der Waals surface area (Å²) >= 11 is 4.46. The second-order valence-electron chi connectivity index (χ2n) is 3.19. The van der Waals surface area contributed by atoms with Crippen molar-refractivity contribution in [2.75, 3.05) is 5.73 Å². The minimum atomic E-state index is -0.484. The standard InChI is InChI=1S/C9H7BrN4O3S/c10-6-2-1-5(14(15)16)3-7(6)17-4-8-12-13-9(11)18-8/h1-3H,4H2,(H2,11,13). The van der Waals surface area contributed by atoms with E-state index in [-0.39, 0.29) is 12.3 Å². The van der Waals surface area contributed by atoms with Crippen LogP contribution in [0.5, 0.6) is 5.75 Å². The predicted octanol–water partition coefficient (Wildman–Crippen LogP) is 2.37. The fraction of sp³-hybridized carbons (Fsp3) is 0.111. The number of hydrogen-bond donors (Lipinski definition) is 1. The summed E-state index contributed by atoms with van der Waals surface area (Å²) in [5.74, 6) is 0.373. The van der Waals surface area contributed by atoms with Gasteiger partial charge < -0.3 is 10.5 Å². The van der Waals surface area contributed by atoms with Crippen LogP contribution in [0.4, 0.5) is 10.8 Å². The highest BCUT2D eigenvalue weighted by molar-refractivity contribution is 9.10. The summed E-state index contributed by atoms with van der Waals surface area (Å²) in [5.41, 5.74) is 5.40. The Labute approximate surface area is 114 Å². The number of nitrogens with two attached hydrogens (primary N) is 1. The molecule has 9 heteroatoms. The molecule has 0 aliphatic heterocycles. The molecule has 1 heterocycles. The van der Waals surface area contributed by atoms with E-state index in [2.05, 4.69) is 26.1 Å². The van der Waals surface area contributed by atoms with Crippen LogP contribution in [0.25, 0.3) is 0 Å². The normalized spacial score (nSPS) is 10.3. The third-order valence-corrected chi connectivity index (χ3v) is 3.34. The first-order valence-electron chi connectivity index (χ1n) is 4.71. The van der Waals surface area contributed by atoms with Crippen molar-refractivity contribution < 1.29 is 9.66 Å². The zero-order chi connectivity index (χ0) is 13.1. The summed E-state index contributed by atoms with van der Waals surface area (Å²) in [6.07, 6.45) is 0. The van der Waals surface area contributed by atoms with Gasteiger partial charge in [-0.25, -0.2) is 0 Å². The van der Waals surface area contributed by atoms with Gasteiger partial charge in [0.05, 0.1) is 15.5 Å². The summed E-state index contributed by atoms with van der Waals surface area (Å²) < 4.78 is 6.06. The van der Waals surface area contributed by atoms with Crippen molar-refractivity contribution in [1.82, 2.24) is 10.2 Å². The zero-order valence-corrected chi connectivity index (χ0v) is 11.3. The first-order chi connectivity index (χ1) is 8.56. The third-order valence-electron chi connectivity index (χ3n) is 1.96. The van der Waals surface area contributed by atoms with Gasteiger partial charge in [0.1, 0.15) is 12.4 Å². The first-order valence-corrected chi connectivity index (χ1v) is 6.32. The highest BCUT2D eigenvalue weighted by Gasteiger charge is 2.11. The topological polar surface area (TPSA) is 104 Å². The number of non-ortho nitro benzene ring substituents is 1. The number of halogens is 1. The van der Waals surface area contributed by atoms with Crippen molar-refractivity contribution >= 4 is 38.1 Å². The minimum absolute atomic E-state index is 0.0371. The van der Waals surface area contributed by atoms with E-state index in [0.717, 1.165) is 0 Å². The summed E-state index contributed by atoms with van der Waals surface area (Å²) in [6, 6.07) is 4.29. The summed E-state index contributed by atoms with van der Waals surface area (Å²) in [4.78, 5) is 10.2. The Balaban J connectivity index is 2.13. The molecule has 0 atom stereocenters. The number of aromatic nitrogens is 2. The number of anilines is 1. The molecular weight excluding hydrogens is 324 g/mol. The van der Waals surface area contributed by atoms with Crippen LogP contribution < -0.4 is 10.5 Å². The molecule has 0 aliphatic rings. The van der Waals surface area contributed by atoms with Gasteiger partial charge >= 0.3 is 0 Å². The van der Waals surface area contributed by atoms with Gasteiger partial charge in [0.15, 0.2) is 5.01 Å². The maximum Gasteiger partial charge on any atom is 0.273 e. The van der Waals surface area contributed by atoms with Crippen LogP contribution in [0.15, 0.2) is 22.7 Å². The monoisotopic (exact) mass is 330 g/mol. The summed E-state index contributed by atoms with van der Waals surface area (Å²) in [7, 11) is 0. The Kier molecular flexibility index (Phi) is 3.72. The Hall–Kier alpha value is -1.74. The number of rotatable bonds is 4. The molecular formula is C9H7BrN4O3S. The molecule has 1 aromatic carbocycles. The Morgan fingerprint density at radius 2 is 2.28 bits per heavy atom. The van der Waals surface area contributed by atoms with Gasteiger partial charge in [-0.1, -0.05) is 11.3 Å². The zero-order valence-electron chi connectivity index (χ0n) is 8.87. The SMILES string of the molecule is Nc1nnc(COc2cc([N+](=O)[O-])ccc2Br)s1. The van der Waals surface area contributed by atoms with Gasteiger partial charge in [-0.05, 0) is 22.0 Å². The van der Waals surface area contributed by atoms with E-state index in [0.29, 0.717) is 20.4 Å². The molecule has 0 amide bonds. The number of benzene rings is 1. The lowest BCUT2D eigenvalue weighted by Crippen LogP contribution is -1.97. The molecule has 7 nitrogen and oxygen atoms in total.